The topological polar surface area (TPSA) is 75.4 Å². The van der Waals surface area contributed by atoms with Gasteiger partial charge in [-0.1, -0.05) is 5.16 Å². The van der Waals surface area contributed by atoms with E-state index in [9.17, 15) is 9.90 Å². The minimum Gasteiger partial charge on any atom is -0.387 e. The molecule has 1 atom stereocenters. The number of carbonyl (C=O) groups excluding carboxylic acids is 1. The molecule has 0 spiro atoms. The van der Waals surface area contributed by atoms with Gasteiger partial charge in [-0.05, 0) is 13.2 Å². The van der Waals surface area contributed by atoms with E-state index in [0.29, 0.717) is 5.75 Å². The van der Waals surface area contributed by atoms with Gasteiger partial charge in [-0.2, -0.15) is 11.8 Å². The molecule has 0 saturated heterocycles. The Morgan fingerprint density at radius 2 is 2.53 bits per heavy atom. The molecule has 0 radical (unpaired) electrons. The van der Waals surface area contributed by atoms with E-state index in [4.69, 9.17) is 0 Å². The van der Waals surface area contributed by atoms with E-state index in [0.717, 1.165) is 0 Å². The van der Waals surface area contributed by atoms with Crippen LogP contribution < -0.4 is 5.32 Å². The molecule has 2 N–H and O–H groups in total. The van der Waals surface area contributed by atoms with Crippen LogP contribution in [0.3, 0.4) is 0 Å². The number of amides is 1. The van der Waals surface area contributed by atoms with E-state index >= 15 is 0 Å². The Balaban J connectivity index is 2.40. The largest absolute Gasteiger partial charge is 0.387 e. The number of aromatic nitrogens is 1. The van der Waals surface area contributed by atoms with Crippen molar-refractivity contribution in [1.82, 2.24) is 10.5 Å². The Morgan fingerprint density at radius 3 is 3.07 bits per heavy atom. The summed E-state index contributed by atoms with van der Waals surface area (Å²) in [6.07, 6.45) is 3.29. The summed E-state index contributed by atoms with van der Waals surface area (Å²) in [6, 6.07) is 1.47. The lowest BCUT2D eigenvalue weighted by molar-refractivity contribution is 0.0705. The van der Waals surface area contributed by atoms with Gasteiger partial charge >= 0.3 is 0 Å². The molecule has 1 aromatic rings. The summed E-state index contributed by atoms with van der Waals surface area (Å²) in [6.45, 7) is 1.86. The molecule has 0 saturated carbocycles. The Kier molecular flexibility index (Phi) is 4.16. The monoisotopic (exact) mass is 230 g/mol. The predicted octanol–water partition coefficient (Wildman–Crippen LogP) is 0.518. The minimum atomic E-state index is -0.908. The summed E-state index contributed by atoms with van der Waals surface area (Å²) in [4.78, 5) is 11.4. The zero-order valence-corrected chi connectivity index (χ0v) is 9.50. The number of nitrogens with one attached hydrogen (secondary N) is 1. The van der Waals surface area contributed by atoms with Crippen molar-refractivity contribution in [2.75, 3.05) is 18.6 Å². The van der Waals surface area contributed by atoms with Gasteiger partial charge in [0, 0.05) is 18.4 Å². The summed E-state index contributed by atoms with van der Waals surface area (Å²) in [5, 5.41) is 15.8. The molecule has 1 amide bonds. The molecule has 0 aliphatic rings. The lowest BCUT2D eigenvalue weighted by Gasteiger charge is -2.21. The van der Waals surface area contributed by atoms with Crippen LogP contribution in [0.15, 0.2) is 16.8 Å². The molecule has 84 valence electrons. The lowest BCUT2D eigenvalue weighted by Crippen LogP contribution is -2.42. The zero-order valence-electron chi connectivity index (χ0n) is 8.69. The Bertz CT molecular complexity index is 311. The number of carbonyl (C=O) groups is 1. The summed E-state index contributed by atoms with van der Waals surface area (Å²) in [7, 11) is 0. The third-order valence-corrected chi connectivity index (χ3v) is 2.66. The van der Waals surface area contributed by atoms with Crippen LogP contribution in [0.1, 0.15) is 17.5 Å². The number of aliphatic hydroxyl groups is 1. The second-order valence-corrected chi connectivity index (χ2v) is 4.36. The fraction of sp³-hybridized carbons (Fsp3) is 0.556. The van der Waals surface area contributed by atoms with Gasteiger partial charge in [0.2, 0.25) is 5.76 Å². The van der Waals surface area contributed by atoms with Gasteiger partial charge in [0.1, 0.15) is 0 Å². The first-order valence-electron chi connectivity index (χ1n) is 4.45. The lowest BCUT2D eigenvalue weighted by atomic mass is 10.1. The average Bonchev–Trinajstić information content (AvgIpc) is 2.67. The molecule has 1 heterocycles. The molecule has 5 nitrogen and oxygen atoms in total. The molecule has 0 fully saturated rings. The minimum absolute atomic E-state index is 0.148. The number of hydrogen-bond acceptors (Lipinski definition) is 5. The number of hydrogen-bond donors (Lipinski definition) is 2. The summed E-state index contributed by atoms with van der Waals surface area (Å²) >= 11 is 1.52. The second kappa shape index (κ2) is 5.18. The molecule has 0 aliphatic heterocycles. The first-order chi connectivity index (χ1) is 7.05. The van der Waals surface area contributed by atoms with Crippen molar-refractivity contribution in [3.63, 3.8) is 0 Å². The van der Waals surface area contributed by atoms with Crippen LogP contribution in [0.4, 0.5) is 0 Å². The molecule has 0 aliphatic carbocycles. The molecular weight excluding hydrogens is 216 g/mol. The zero-order chi connectivity index (χ0) is 11.3. The van der Waals surface area contributed by atoms with Crippen LogP contribution in [-0.2, 0) is 0 Å². The smallest absolute Gasteiger partial charge is 0.289 e. The van der Waals surface area contributed by atoms with E-state index in [1.54, 1.807) is 6.92 Å². The molecule has 0 aromatic carbocycles. The van der Waals surface area contributed by atoms with Crippen molar-refractivity contribution >= 4 is 17.7 Å². The highest BCUT2D eigenvalue weighted by Crippen LogP contribution is 2.09. The normalized spacial score (nSPS) is 14.6. The standard InChI is InChI=1S/C9H14N2O3S/c1-9(13,6-15-2)5-10-8(12)7-3-4-11-14-7/h3-4,13H,5-6H2,1-2H3,(H,10,12). The Labute approximate surface area is 92.2 Å². The number of rotatable bonds is 5. The van der Waals surface area contributed by atoms with E-state index in [-0.39, 0.29) is 18.2 Å². The maximum Gasteiger partial charge on any atom is 0.289 e. The fourth-order valence-corrected chi connectivity index (χ4v) is 1.78. The van der Waals surface area contributed by atoms with Crippen LogP contribution >= 0.6 is 11.8 Å². The van der Waals surface area contributed by atoms with Crippen LogP contribution in [0, 0.1) is 0 Å². The van der Waals surface area contributed by atoms with Crippen molar-refractivity contribution in [2.45, 2.75) is 12.5 Å². The molecule has 15 heavy (non-hydrogen) atoms. The summed E-state index contributed by atoms with van der Waals surface area (Å²) < 4.78 is 4.67. The van der Waals surface area contributed by atoms with Crippen LogP contribution in [-0.4, -0.2) is 40.3 Å². The first kappa shape index (κ1) is 12.1. The third kappa shape index (κ3) is 3.93. The highest BCUT2D eigenvalue weighted by atomic mass is 32.2. The van der Waals surface area contributed by atoms with E-state index in [1.807, 2.05) is 6.26 Å². The van der Waals surface area contributed by atoms with Crippen molar-refractivity contribution in [2.24, 2.45) is 0 Å². The van der Waals surface area contributed by atoms with Gasteiger partial charge < -0.3 is 14.9 Å². The second-order valence-electron chi connectivity index (χ2n) is 3.49. The van der Waals surface area contributed by atoms with Crippen LogP contribution in [0.2, 0.25) is 0 Å². The van der Waals surface area contributed by atoms with Crippen LogP contribution in [0.5, 0.6) is 0 Å². The summed E-state index contributed by atoms with van der Waals surface area (Å²) in [5.41, 5.74) is -0.908. The molecule has 1 aromatic heterocycles. The SMILES string of the molecule is CSCC(C)(O)CNC(=O)c1ccno1. The highest BCUT2D eigenvalue weighted by molar-refractivity contribution is 7.98. The van der Waals surface area contributed by atoms with Gasteiger partial charge in [-0.25, -0.2) is 0 Å². The Hall–Kier alpha value is -1.01. The van der Waals surface area contributed by atoms with Crippen LogP contribution in [0.25, 0.3) is 0 Å². The van der Waals surface area contributed by atoms with Gasteiger partial charge in [0.05, 0.1) is 11.8 Å². The molecule has 0 bridgehead atoms. The third-order valence-electron chi connectivity index (χ3n) is 1.75. The summed E-state index contributed by atoms with van der Waals surface area (Å²) in [5.74, 6) is 0.341. The molecule has 1 unspecified atom stereocenters. The quantitative estimate of drug-likeness (QED) is 0.771. The fourth-order valence-electron chi connectivity index (χ4n) is 1.05. The van der Waals surface area contributed by atoms with Gasteiger partial charge in [0.15, 0.2) is 0 Å². The molecule has 6 heteroatoms. The molecular formula is C9H14N2O3S. The van der Waals surface area contributed by atoms with Gasteiger partial charge in [0.25, 0.3) is 5.91 Å². The number of nitrogens with zero attached hydrogens (tertiary/aromatic N) is 1. The van der Waals surface area contributed by atoms with E-state index < -0.39 is 5.60 Å². The maximum absolute atomic E-state index is 11.4. The predicted molar refractivity (Wildman–Crippen MR) is 57.8 cm³/mol. The number of thioether (sulfide) groups is 1. The van der Waals surface area contributed by atoms with Gasteiger partial charge in [-0.15, -0.1) is 0 Å². The highest BCUT2D eigenvalue weighted by Gasteiger charge is 2.21. The Morgan fingerprint density at radius 1 is 1.80 bits per heavy atom. The van der Waals surface area contributed by atoms with Gasteiger partial charge in [-0.3, -0.25) is 4.79 Å². The average molecular weight is 230 g/mol. The van der Waals surface area contributed by atoms with E-state index in [1.165, 1.54) is 24.0 Å². The maximum atomic E-state index is 11.4. The van der Waals surface area contributed by atoms with Crippen molar-refractivity contribution < 1.29 is 14.4 Å². The van der Waals surface area contributed by atoms with Crippen molar-refractivity contribution in [1.29, 1.82) is 0 Å². The molecule has 1 rings (SSSR count). The first-order valence-corrected chi connectivity index (χ1v) is 5.85. The van der Waals surface area contributed by atoms with Crippen molar-refractivity contribution in [3.8, 4) is 0 Å². The van der Waals surface area contributed by atoms with E-state index in [2.05, 4.69) is 15.0 Å². The van der Waals surface area contributed by atoms with Crippen molar-refractivity contribution in [3.05, 3.63) is 18.0 Å².